The first-order valence-corrected chi connectivity index (χ1v) is 14.6. The number of nitrogens with zero attached hydrogens (tertiary/aromatic N) is 6. The highest BCUT2D eigenvalue weighted by Crippen LogP contribution is 2.36. The molecule has 0 aromatic heterocycles. The van der Waals surface area contributed by atoms with Gasteiger partial charge >= 0.3 is 0 Å². The molecule has 0 aliphatic heterocycles. The lowest BCUT2D eigenvalue weighted by Gasteiger charge is -2.05. The van der Waals surface area contributed by atoms with Crippen LogP contribution in [-0.2, 0) is 0 Å². The van der Waals surface area contributed by atoms with Crippen LogP contribution in [0.4, 0.5) is 34.1 Å². The quantitative estimate of drug-likeness (QED) is 0.158. The Bertz CT molecular complexity index is 2190. The standard InChI is InChI=1S/C27H20N4.C11H11N3/c1-19-13-15-21(16-14-19)28-29-26-17-18-27(24-11-5-4-10-23(24)26)31-30-25-12-6-8-20-7-2-3-9-22(20)25;1-13-14-11-7-6-10(12)8-4-2-3-5-9(8)11/h2-18H,1H3;2-7H,12H2,1H3. The number of anilines is 1. The van der Waals surface area contributed by atoms with Crippen molar-refractivity contribution in [2.75, 3.05) is 12.8 Å². The topological polar surface area (TPSA) is 100 Å². The van der Waals surface area contributed by atoms with Crippen molar-refractivity contribution in [1.29, 1.82) is 0 Å². The molecule has 218 valence electrons. The summed E-state index contributed by atoms with van der Waals surface area (Å²) in [6, 6.07) is 45.9. The van der Waals surface area contributed by atoms with Gasteiger partial charge in [0.05, 0.1) is 28.4 Å². The highest BCUT2D eigenvalue weighted by atomic mass is 15.1. The van der Waals surface area contributed by atoms with Crippen molar-refractivity contribution in [2.24, 2.45) is 30.7 Å². The highest BCUT2D eigenvalue weighted by molar-refractivity contribution is 6.01. The van der Waals surface area contributed by atoms with E-state index >= 15 is 0 Å². The molecule has 0 fully saturated rings. The number of aryl methyl sites for hydroxylation is 1. The minimum Gasteiger partial charge on any atom is -0.398 e. The Kier molecular flexibility index (Phi) is 8.69. The van der Waals surface area contributed by atoms with Gasteiger partial charge in [0.1, 0.15) is 0 Å². The molecule has 7 heteroatoms. The number of azo groups is 3. The summed E-state index contributed by atoms with van der Waals surface area (Å²) in [5.41, 5.74) is 12.0. The Morgan fingerprint density at radius 2 is 0.867 bits per heavy atom. The predicted molar refractivity (Wildman–Crippen MR) is 186 cm³/mol. The van der Waals surface area contributed by atoms with Crippen molar-refractivity contribution in [1.82, 2.24) is 0 Å². The molecule has 0 radical (unpaired) electrons. The van der Waals surface area contributed by atoms with E-state index in [4.69, 9.17) is 5.73 Å². The second-order valence-electron chi connectivity index (χ2n) is 10.4. The van der Waals surface area contributed by atoms with Gasteiger partial charge in [0.2, 0.25) is 0 Å². The summed E-state index contributed by atoms with van der Waals surface area (Å²) in [6.07, 6.45) is 0. The fraction of sp³-hybridized carbons (Fsp3) is 0.0526. The molecule has 7 aromatic rings. The van der Waals surface area contributed by atoms with E-state index < -0.39 is 0 Å². The summed E-state index contributed by atoms with van der Waals surface area (Å²) in [5.74, 6) is 0. The van der Waals surface area contributed by atoms with Crippen molar-refractivity contribution >= 4 is 66.4 Å². The number of fused-ring (bicyclic) bond motifs is 3. The molecule has 0 saturated carbocycles. The van der Waals surface area contributed by atoms with Gasteiger partial charge in [-0.2, -0.15) is 15.3 Å². The molecular formula is C38H31N7. The minimum atomic E-state index is 0.774. The van der Waals surface area contributed by atoms with Gasteiger partial charge < -0.3 is 5.73 Å². The fourth-order valence-electron chi connectivity index (χ4n) is 5.07. The Morgan fingerprint density at radius 1 is 0.400 bits per heavy atom. The summed E-state index contributed by atoms with van der Waals surface area (Å²) >= 11 is 0. The van der Waals surface area contributed by atoms with E-state index in [9.17, 15) is 0 Å². The van der Waals surface area contributed by atoms with E-state index in [0.717, 1.165) is 66.4 Å². The molecule has 0 heterocycles. The Labute approximate surface area is 261 Å². The van der Waals surface area contributed by atoms with Crippen LogP contribution in [0.5, 0.6) is 0 Å². The van der Waals surface area contributed by atoms with Gasteiger partial charge in [-0.15, -0.1) is 15.3 Å². The average Bonchev–Trinajstić information content (AvgIpc) is 3.09. The molecule has 0 saturated heterocycles. The van der Waals surface area contributed by atoms with Gasteiger partial charge in [0.15, 0.2) is 0 Å². The van der Waals surface area contributed by atoms with Crippen LogP contribution < -0.4 is 5.73 Å². The third-order valence-electron chi connectivity index (χ3n) is 7.36. The summed E-state index contributed by atoms with van der Waals surface area (Å²) < 4.78 is 0. The maximum atomic E-state index is 5.85. The van der Waals surface area contributed by atoms with Crippen LogP contribution in [0.1, 0.15) is 5.56 Å². The van der Waals surface area contributed by atoms with Crippen molar-refractivity contribution in [3.63, 3.8) is 0 Å². The Hall–Kier alpha value is -6.08. The molecule has 0 bridgehead atoms. The minimum absolute atomic E-state index is 0.774. The van der Waals surface area contributed by atoms with Gasteiger partial charge in [0, 0.05) is 39.7 Å². The van der Waals surface area contributed by atoms with E-state index in [2.05, 4.69) is 55.8 Å². The predicted octanol–water partition coefficient (Wildman–Crippen LogP) is 12.3. The van der Waals surface area contributed by atoms with Crippen LogP contribution in [0.2, 0.25) is 0 Å². The van der Waals surface area contributed by atoms with Gasteiger partial charge in [-0.1, -0.05) is 103 Å². The summed E-state index contributed by atoms with van der Waals surface area (Å²) in [5, 5.41) is 32.1. The van der Waals surface area contributed by atoms with Crippen LogP contribution in [0.15, 0.2) is 170 Å². The molecule has 0 amide bonds. The van der Waals surface area contributed by atoms with Gasteiger partial charge in [-0.3, -0.25) is 0 Å². The smallest absolute Gasteiger partial charge is 0.0936 e. The number of hydrogen-bond acceptors (Lipinski definition) is 7. The van der Waals surface area contributed by atoms with E-state index in [1.54, 1.807) is 7.05 Å². The maximum absolute atomic E-state index is 5.85. The van der Waals surface area contributed by atoms with E-state index in [1.807, 2.05) is 121 Å². The lowest BCUT2D eigenvalue weighted by molar-refractivity contribution is 1.18. The van der Waals surface area contributed by atoms with E-state index in [-0.39, 0.29) is 0 Å². The average molecular weight is 586 g/mol. The van der Waals surface area contributed by atoms with Crippen LogP contribution in [-0.4, -0.2) is 7.05 Å². The molecular weight excluding hydrogens is 554 g/mol. The first kappa shape index (κ1) is 29.0. The Morgan fingerprint density at radius 3 is 1.51 bits per heavy atom. The molecule has 0 unspecified atom stereocenters. The number of nitrogen functional groups attached to an aromatic ring is 1. The largest absolute Gasteiger partial charge is 0.398 e. The van der Waals surface area contributed by atoms with Crippen LogP contribution in [0.25, 0.3) is 32.3 Å². The van der Waals surface area contributed by atoms with E-state index in [0.29, 0.717) is 0 Å². The molecule has 0 aliphatic rings. The maximum Gasteiger partial charge on any atom is 0.0936 e. The number of nitrogens with two attached hydrogens (primary N) is 1. The normalized spacial score (nSPS) is 11.6. The molecule has 2 N–H and O–H groups in total. The zero-order chi connectivity index (χ0) is 31.0. The molecule has 0 atom stereocenters. The van der Waals surface area contributed by atoms with Crippen LogP contribution in [0.3, 0.4) is 0 Å². The molecule has 7 nitrogen and oxygen atoms in total. The molecule has 7 aromatic carbocycles. The molecule has 7 rings (SSSR count). The molecule has 45 heavy (non-hydrogen) atoms. The van der Waals surface area contributed by atoms with Gasteiger partial charge in [-0.05, 0) is 54.8 Å². The number of benzene rings is 7. The summed E-state index contributed by atoms with van der Waals surface area (Å²) in [6.45, 7) is 2.06. The summed E-state index contributed by atoms with van der Waals surface area (Å²) in [4.78, 5) is 0. The zero-order valence-corrected chi connectivity index (χ0v) is 25.0. The lowest BCUT2D eigenvalue weighted by Crippen LogP contribution is -1.85. The fourth-order valence-corrected chi connectivity index (χ4v) is 5.07. The third kappa shape index (κ3) is 6.63. The zero-order valence-electron chi connectivity index (χ0n) is 25.0. The van der Waals surface area contributed by atoms with Crippen molar-refractivity contribution < 1.29 is 0 Å². The second-order valence-corrected chi connectivity index (χ2v) is 10.4. The second kappa shape index (κ2) is 13.5. The van der Waals surface area contributed by atoms with E-state index in [1.165, 1.54) is 5.56 Å². The third-order valence-corrected chi connectivity index (χ3v) is 7.36. The number of rotatable bonds is 5. The number of hydrogen-bond donors (Lipinski definition) is 1. The van der Waals surface area contributed by atoms with Crippen molar-refractivity contribution in [2.45, 2.75) is 6.92 Å². The van der Waals surface area contributed by atoms with Gasteiger partial charge in [-0.25, -0.2) is 0 Å². The lowest BCUT2D eigenvalue weighted by atomic mass is 10.1. The summed E-state index contributed by atoms with van der Waals surface area (Å²) in [7, 11) is 1.66. The van der Waals surface area contributed by atoms with Crippen molar-refractivity contribution in [3.8, 4) is 0 Å². The SMILES string of the molecule is CN=Nc1ccc(N)c2ccccc12.Cc1ccc(N=Nc2ccc(N=Nc3cccc4ccccc34)c3ccccc23)cc1. The molecule has 0 spiro atoms. The first-order chi connectivity index (χ1) is 22.1. The van der Waals surface area contributed by atoms with Crippen LogP contribution >= 0.6 is 0 Å². The van der Waals surface area contributed by atoms with Crippen molar-refractivity contribution in [3.05, 3.63) is 145 Å². The van der Waals surface area contributed by atoms with Gasteiger partial charge in [0.25, 0.3) is 0 Å². The highest BCUT2D eigenvalue weighted by Gasteiger charge is 2.06. The first-order valence-electron chi connectivity index (χ1n) is 14.6. The monoisotopic (exact) mass is 585 g/mol. The molecule has 0 aliphatic carbocycles. The Balaban J connectivity index is 0.000000213. The van der Waals surface area contributed by atoms with Crippen LogP contribution in [0, 0.1) is 6.92 Å².